The number of aromatic nitrogens is 1. The van der Waals surface area contributed by atoms with Gasteiger partial charge in [-0.3, -0.25) is 4.98 Å². The Morgan fingerprint density at radius 3 is 2.81 bits per heavy atom. The van der Waals surface area contributed by atoms with Crippen LogP contribution in [0.15, 0.2) is 54.7 Å². The van der Waals surface area contributed by atoms with Gasteiger partial charge in [-0.25, -0.2) is 0 Å². The molecule has 3 aromatic rings. The van der Waals surface area contributed by atoms with E-state index in [1.807, 2.05) is 31.4 Å². The van der Waals surface area contributed by atoms with Crippen LogP contribution in [0.2, 0.25) is 5.02 Å². The second-order valence-electron chi connectivity index (χ2n) is 5.05. The number of pyridine rings is 1. The molecule has 0 aliphatic heterocycles. The molecule has 0 unspecified atom stereocenters. The van der Waals surface area contributed by atoms with Crippen molar-refractivity contribution >= 4 is 33.9 Å². The molecule has 4 heteroatoms. The minimum absolute atomic E-state index is 0.682. The SMILES string of the molecule is CN(Cc1cccc2cccnc12)c1cc(Cl)ccc1N. The fourth-order valence-electron chi connectivity index (χ4n) is 2.48. The average Bonchev–Trinajstić information content (AvgIpc) is 2.50. The van der Waals surface area contributed by atoms with Crippen LogP contribution < -0.4 is 10.6 Å². The summed E-state index contributed by atoms with van der Waals surface area (Å²) in [4.78, 5) is 6.57. The van der Waals surface area contributed by atoms with Gasteiger partial charge in [0.15, 0.2) is 0 Å². The summed E-state index contributed by atoms with van der Waals surface area (Å²) in [5.74, 6) is 0. The highest BCUT2D eigenvalue weighted by Gasteiger charge is 2.09. The van der Waals surface area contributed by atoms with Crippen LogP contribution >= 0.6 is 11.6 Å². The van der Waals surface area contributed by atoms with Crippen molar-refractivity contribution in [3.05, 3.63) is 65.3 Å². The molecule has 0 amide bonds. The second-order valence-corrected chi connectivity index (χ2v) is 5.49. The molecular formula is C17H16ClN3. The number of nitrogen functional groups attached to an aromatic ring is 1. The van der Waals surface area contributed by atoms with Gasteiger partial charge in [-0.2, -0.15) is 0 Å². The zero-order valence-corrected chi connectivity index (χ0v) is 12.5. The molecule has 2 aromatic carbocycles. The number of fused-ring (bicyclic) bond motifs is 1. The van der Waals surface area contributed by atoms with Crippen molar-refractivity contribution in [2.45, 2.75) is 6.54 Å². The summed E-state index contributed by atoms with van der Waals surface area (Å²) in [6, 6.07) is 15.7. The highest BCUT2D eigenvalue weighted by molar-refractivity contribution is 6.31. The Labute approximate surface area is 129 Å². The standard InChI is InChI=1S/C17H16ClN3/c1-21(16-10-14(18)7-8-15(16)19)11-13-5-2-4-12-6-3-9-20-17(12)13/h2-10H,11,19H2,1H3. The van der Waals surface area contributed by atoms with E-state index >= 15 is 0 Å². The van der Waals surface area contributed by atoms with E-state index in [0.29, 0.717) is 5.02 Å². The van der Waals surface area contributed by atoms with Gasteiger partial charge >= 0.3 is 0 Å². The molecule has 0 atom stereocenters. The topological polar surface area (TPSA) is 42.2 Å². The van der Waals surface area contributed by atoms with Crippen LogP contribution in [-0.2, 0) is 6.54 Å². The van der Waals surface area contributed by atoms with E-state index in [9.17, 15) is 0 Å². The average molecular weight is 298 g/mol. The molecule has 0 fully saturated rings. The van der Waals surface area contributed by atoms with Crippen LogP contribution in [0.1, 0.15) is 5.56 Å². The zero-order valence-electron chi connectivity index (χ0n) is 11.8. The zero-order chi connectivity index (χ0) is 14.8. The smallest absolute Gasteiger partial charge is 0.0751 e. The quantitative estimate of drug-likeness (QED) is 0.740. The number of halogens is 1. The molecule has 106 valence electrons. The largest absolute Gasteiger partial charge is 0.397 e. The van der Waals surface area contributed by atoms with Crippen molar-refractivity contribution in [3.8, 4) is 0 Å². The van der Waals surface area contributed by atoms with E-state index in [4.69, 9.17) is 17.3 Å². The van der Waals surface area contributed by atoms with Gasteiger partial charge in [0.2, 0.25) is 0 Å². The third kappa shape index (κ3) is 2.78. The van der Waals surface area contributed by atoms with E-state index in [-0.39, 0.29) is 0 Å². The van der Waals surface area contributed by atoms with Gasteiger partial charge in [0.25, 0.3) is 0 Å². The molecular weight excluding hydrogens is 282 g/mol. The van der Waals surface area contributed by atoms with Gasteiger partial charge in [-0.05, 0) is 29.8 Å². The van der Waals surface area contributed by atoms with Crippen molar-refractivity contribution < 1.29 is 0 Å². The predicted octanol–water partition coefficient (Wildman–Crippen LogP) is 4.11. The first-order valence-corrected chi connectivity index (χ1v) is 7.12. The van der Waals surface area contributed by atoms with Gasteiger partial charge in [-0.1, -0.05) is 35.9 Å². The third-order valence-corrected chi connectivity index (χ3v) is 3.76. The van der Waals surface area contributed by atoms with Crippen molar-refractivity contribution in [2.75, 3.05) is 17.7 Å². The summed E-state index contributed by atoms with van der Waals surface area (Å²) in [5, 5.41) is 1.82. The fraction of sp³-hybridized carbons (Fsp3) is 0.118. The predicted molar refractivity (Wildman–Crippen MR) is 89.7 cm³/mol. The van der Waals surface area contributed by atoms with E-state index < -0.39 is 0 Å². The van der Waals surface area contributed by atoms with Crippen LogP contribution in [0, 0.1) is 0 Å². The Balaban J connectivity index is 1.96. The lowest BCUT2D eigenvalue weighted by Gasteiger charge is -2.22. The molecule has 0 spiro atoms. The Morgan fingerprint density at radius 2 is 1.95 bits per heavy atom. The molecule has 0 aliphatic carbocycles. The maximum absolute atomic E-state index is 6.06. The van der Waals surface area contributed by atoms with Crippen LogP contribution in [0.25, 0.3) is 10.9 Å². The number of para-hydroxylation sites is 1. The lowest BCUT2D eigenvalue weighted by atomic mass is 10.1. The van der Waals surface area contributed by atoms with Gasteiger partial charge in [0.1, 0.15) is 0 Å². The normalized spacial score (nSPS) is 10.8. The molecule has 0 saturated carbocycles. The lowest BCUT2D eigenvalue weighted by molar-refractivity contribution is 0.929. The Hall–Kier alpha value is -2.26. The highest BCUT2D eigenvalue weighted by atomic mass is 35.5. The number of rotatable bonds is 3. The molecule has 3 nitrogen and oxygen atoms in total. The van der Waals surface area contributed by atoms with Crippen molar-refractivity contribution in [2.24, 2.45) is 0 Å². The summed E-state index contributed by atoms with van der Waals surface area (Å²) in [6.45, 7) is 0.721. The molecule has 0 aliphatic rings. The first kappa shape index (κ1) is 13.7. The highest BCUT2D eigenvalue weighted by Crippen LogP contribution is 2.28. The number of nitrogens with zero attached hydrogens (tertiary/aromatic N) is 2. The number of nitrogens with two attached hydrogens (primary N) is 1. The van der Waals surface area contributed by atoms with Crippen LogP contribution in [0.5, 0.6) is 0 Å². The van der Waals surface area contributed by atoms with Gasteiger partial charge in [0, 0.05) is 30.2 Å². The van der Waals surface area contributed by atoms with Gasteiger partial charge < -0.3 is 10.6 Å². The molecule has 1 aromatic heterocycles. The van der Waals surface area contributed by atoms with E-state index in [1.165, 1.54) is 0 Å². The van der Waals surface area contributed by atoms with E-state index in [1.54, 1.807) is 6.07 Å². The van der Waals surface area contributed by atoms with Gasteiger partial charge in [0.05, 0.1) is 16.9 Å². The van der Waals surface area contributed by atoms with E-state index in [0.717, 1.165) is 34.4 Å². The van der Waals surface area contributed by atoms with E-state index in [2.05, 4.69) is 34.1 Å². The first-order valence-electron chi connectivity index (χ1n) is 6.74. The summed E-state index contributed by atoms with van der Waals surface area (Å²) >= 11 is 6.06. The van der Waals surface area contributed by atoms with Gasteiger partial charge in [-0.15, -0.1) is 0 Å². The minimum Gasteiger partial charge on any atom is -0.397 e. The monoisotopic (exact) mass is 297 g/mol. The lowest BCUT2D eigenvalue weighted by Crippen LogP contribution is -2.18. The summed E-state index contributed by atoms with van der Waals surface area (Å²) in [5.41, 5.74) is 9.87. The Morgan fingerprint density at radius 1 is 1.14 bits per heavy atom. The van der Waals surface area contributed by atoms with Crippen molar-refractivity contribution in [1.29, 1.82) is 0 Å². The molecule has 3 rings (SSSR count). The summed E-state index contributed by atoms with van der Waals surface area (Å²) in [7, 11) is 2.00. The van der Waals surface area contributed by atoms with Crippen LogP contribution in [-0.4, -0.2) is 12.0 Å². The second kappa shape index (κ2) is 5.62. The number of benzene rings is 2. The van der Waals surface area contributed by atoms with Crippen LogP contribution in [0.4, 0.5) is 11.4 Å². The molecule has 1 heterocycles. The number of hydrogen-bond acceptors (Lipinski definition) is 3. The Kier molecular flexibility index (Phi) is 3.67. The first-order chi connectivity index (χ1) is 10.1. The maximum Gasteiger partial charge on any atom is 0.0751 e. The maximum atomic E-state index is 6.06. The van der Waals surface area contributed by atoms with Crippen molar-refractivity contribution in [1.82, 2.24) is 4.98 Å². The Bertz CT molecular complexity index is 781. The molecule has 2 N–H and O–H groups in total. The summed E-state index contributed by atoms with van der Waals surface area (Å²) in [6.07, 6.45) is 1.82. The molecule has 0 saturated heterocycles. The fourth-order valence-corrected chi connectivity index (χ4v) is 2.65. The van der Waals surface area contributed by atoms with Crippen molar-refractivity contribution in [3.63, 3.8) is 0 Å². The number of anilines is 2. The van der Waals surface area contributed by atoms with Crippen LogP contribution in [0.3, 0.4) is 0 Å². The summed E-state index contributed by atoms with van der Waals surface area (Å²) < 4.78 is 0. The third-order valence-electron chi connectivity index (χ3n) is 3.53. The number of hydrogen-bond donors (Lipinski definition) is 1. The molecule has 0 radical (unpaired) electrons. The molecule has 21 heavy (non-hydrogen) atoms. The minimum atomic E-state index is 0.682. The molecule has 0 bridgehead atoms.